The largest absolute Gasteiger partial charge is 0.461 e. The predicted molar refractivity (Wildman–Crippen MR) is 61.1 cm³/mol. The molecule has 1 fully saturated rings. The van der Waals surface area contributed by atoms with Crippen molar-refractivity contribution in [1.82, 2.24) is 0 Å². The van der Waals surface area contributed by atoms with E-state index in [1.807, 2.05) is 0 Å². The van der Waals surface area contributed by atoms with Gasteiger partial charge in [0.25, 0.3) is 0 Å². The van der Waals surface area contributed by atoms with Crippen molar-refractivity contribution in [2.24, 2.45) is 0 Å². The monoisotopic (exact) mass is 296 g/mol. The smallest absolute Gasteiger partial charge is 0.306 e. The molecular weight excluding hydrogens is 279 g/mol. The van der Waals surface area contributed by atoms with Crippen molar-refractivity contribution < 1.29 is 9.53 Å². The van der Waals surface area contributed by atoms with Gasteiger partial charge in [0.2, 0.25) is 0 Å². The molecule has 0 N–H and O–H groups in total. The number of hydrogen-bond donors (Lipinski definition) is 0. The van der Waals surface area contributed by atoms with Gasteiger partial charge in [-0.15, -0.1) is 0 Å². The van der Waals surface area contributed by atoms with Crippen molar-refractivity contribution in [3.8, 4) is 0 Å². The molecule has 13 heavy (non-hydrogen) atoms. The van der Waals surface area contributed by atoms with Crippen LogP contribution < -0.4 is 0 Å². The Bertz CT molecular complexity index is 170. The zero-order valence-corrected chi connectivity index (χ0v) is 10.2. The number of carbonyl (C=O) groups is 1. The number of rotatable bonds is 2. The summed E-state index contributed by atoms with van der Waals surface area (Å²) in [5.41, 5.74) is 0. The van der Waals surface area contributed by atoms with Crippen molar-refractivity contribution in [2.75, 3.05) is 0 Å². The first-order chi connectivity index (χ1) is 6.24. The van der Waals surface area contributed by atoms with E-state index < -0.39 is 0 Å². The molecule has 76 valence electrons. The van der Waals surface area contributed by atoms with Crippen molar-refractivity contribution in [3.05, 3.63) is 0 Å². The lowest BCUT2D eigenvalue weighted by molar-refractivity contribution is -0.150. The van der Waals surface area contributed by atoms with E-state index in [1.54, 1.807) is 0 Å². The van der Waals surface area contributed by atoms with E-state index in [2.05, 4.69) is 29.5 Å². The normalized spacial score (nSPS) is 30.5. The Morgan fingerprint density at radius 2 is 2.31 bits per heavy atom. The second-order valence-corrected chi connectivity index (χ2v) is 5.18. The van der Waals surface area contributed by atoms with Crippen LogP contribution in [0.4, 0.5) is 0 Å². The predicted octanol–water partition coefficient (Wildman–Crippen LogP) is 3.08. The van der Waals surface area contributed by atoms with Crippen LogP contribution in [0.15, 0.2) is 0 Å². The third-order valence-corrected chi connectivity index (χ3v) is 3.80. The lowest BCUT2D eigenvalue weighted by Gasteiger charge is -2.24. The molecule has 1 aliphatic heterocycles. The second kappa shape index (κ2) is 5.83. The molecule has 0 aliphatic carbocycles. The minimum Gasteiger partial charge on any atom is -0.461 e. The number of alkyl halides is 1. The van der Waals surface area contributed by atoms with Gasteiger partial charge in [0, 0.05) is 10.3 Å². The van der Waals surface area contributed by atoms with Gasteiger partial charge in [-0.3, -0.25) is 4.79 Å². The summed E-state index contributed by atoms with van der Waals surface area (Å²) in [7, 11) is 0. The minimum absolute atomic E-state index is 0.000170. The molecule has 0 saturated carbocycles. The van der Waals surface area contributed by atoms with Crippen LogP contribution in [0.5, 0.6) is 0 Å². The molecule has 1 saturated heterocycles. The van der Waals surface area contributed by atoms with E-state index >= 15 is 0 Å². The first-order valence-electron chi connectivity index (χ1n) is 5.07. The molecule has 0 amide bonds. The molecule has 0 radical (unpaired) electrons. The summed E-state index contributed by atoms with van der Waals surface area (Å²) in [6.45, 7) is 2.13. The molecule has 2 nitrogen and oxygen atoms in total. The van der Waals surface area contributed by atoms with Gasteiger partial charge in [0.05, 0.1) is 0 Å². The summed E-state index contributed by atoms with van der Waals surface area (Å²) in [6, 6.07) is 0. The Morgan fingerprint density at radius 3 is 3.00 bits per heavy atom. The van der Waals surface area contributed by atoms with Crippen LogP contribution >= 0.6 is 22.6 Å². The van der Waals surface area contributed by atoms with Crippen LogP contribution in [0.1, 0.15) is 45.4 Å². The molecule has 0 spiro atoms. The molecule has 1 unspecified atom stereocenters. The van der Waals surface area contributed by atoms with Crippen molar-refractivity contribution >= 4 is 28.6 Å². The van der Waals surface area contributed by atoms with Gasteiger partial charge in [-0.25, -0.2) is 0 Å². The fourth-order valence-electron chi connectivity index (χ4n) is 1.62. The Kier molecular flexibility index (Phi) is 5.06. The average molecular weight is 296 g/mol. The van der Waals surface area contributed by atoms with Crippen molar-refractivity contribution in [3.63, 3.8) is 0 Å². The molecule has 1 rings (SSSR count). The summed E-state index contributed by atoms with van der Waals surface area (Å²) in [6.07, 6.45) is 6.25. The van der Waals surface area contributed by atoms with Crippen LogP contribution in [0.25, 0.3) is 0 Å². The number of carbonyl (C=O) groups excluding carboxylic acids is 1. The first-order valence-corrected chi connectivity index (χ1v) is 6.32. The number of ether oxygens (including phenoxy) is 1. The van der Waals surface area contributed by atoms with E-state index in [4.69, 9.17) is 4.74 Å². The van der Waals surface area contributed by atoms with Crippen LogP contribution in [0.3, 0.4) is 0 Å². The van der Waals surface area contributed by atoms with Crippen molar-refractivity contribution in [1.29, 1.82) is 0 Å². The Labute approximate surface area is 93.6 Å². The molecule has 1 aliphatic rings. The fourth-order valence-corrected chi connectivity index (χ4v) is 2.57. The van der Waals surface area contributed by atoms with Crippen LogP contribution in [0.2, 0.25) is 0 Å². The number of halogens is 1. The Morgan fingerprint density at radius 1 is 1.54 bits per heavy atom. The zero-order chi connectivity index (χ0) is 9.68. The average Bonchev–Trinajstić information content (AvgIpc) is 2.09. The van der Waals surface area contributed by atoms with Gasteiger partial charge >= 0.3 is 5.97 Å². The van der Waals surface area contributed by atoms with E-state index in [-0.39, 0.29) is 12.1 Å². The maximum Gasteiger partial charge on any atom is 0.306 e. The van der Waals surface area contributed by atoms with Gasteiger partial charge in [-0.1, -0.05) is 42.4 Å². The summed E-state index contributed by atoms with van der Waals surface area (Å²) in [5.74, 6) is -0.000170. The third-order valence-electron chi connectivity index (χ3n) is 2.37. The fraction of sp³-hybridized carbons (Fsp3) is 0.900. The molecular formula is C10H17IO2. The Hall–Kier alpha value is 0.200. The highest BCUT2D eigenvalue weighted by atomic mass is 127. The number of cyclic esters (lactones) is 1. The van der Waals surface area contributed by atoms with Gasteiger partial charge in [-0.05, 0) is 19.3 Å². The van der Waals surface area contributed by atoms with Crippen LogP contribution in [-0.4, -0.2) is 16.0 Å². The summed E-state index contributed by atoms with van der Waals surface area (Å²) >= 11 is 2.42. The molecule has 0 aromatic carbocycles. The SMILES string of the molecule is CCC[C@H]1OC(=O)CCCCC1I. The zero-order valence-electron chi connectivity index (χ0n) is 8.09. The summed E-state index contributed by atoms with van der Waals surface area (Å²) < 4.78 is 5.91. The van der Waals surface area contributed by atoms with Gasteiger partial charge in [-0.2, -0.15) is 0 Å². The van der Waals surface area contributed by atoms with E-state index in [1.165, 1.54) is 12.8 Å². The highest BCUT2D eigenvalue weighted by Crippen LogP contribution is 2.24. The van der Waals surface area contributed by atoms with Gasteiger partial charge in [0.15, 0.2) is 0 Å². The standard InChI is InChI=1S/C10H17IO2/c1-2-5-9-8(11)6-3-4-7-10(12)13-9/h8-9H,2-7H2,1H3/t8?,9-/m1/s1. The topological polar surface area (TPSA) is 26.3 Å². The van der Waals surface area contributed by atoms with Crippen LogP contribution in [-0.2, 0) is 9.53 Å². The van der Waals surface area contributed by atoms with E-state index in [0.717, 1.165) is 19.3 Å². The maximum absolute atomic E-state index is 11.2. The number of esters is 1. The summed E-state index contributed by atoms with van der Waals surface area (Å²) in [5, 5.41) is 0. The van der Waals surface area contributed by atoms with Gasteiger partial charge < -0.3 is 4.74 Å². The second-order valence-electron chi connectivity index (χ2n) is 3.58. The highest BCUT2D eigenvalue weighted by Gasteiger charge is 2.23. The lowest BCUT2D eigenvalue weighted by Crippen LogP contribution is -2.28. The molecule has 2 atom stereocenters. The van der Waals surface area contributed by atoms with E-state index in [0.29, 0.717) is 10.3 Å². The third kappa shape index (κ3) is 3.83. The lowest BCUT2D eigenvalue weighted by atomic mass is 10.0. The van der Waals surface area contributed by atoms with E-state index in [9.17, 15) is 4.79 Å². The first kappa shape index (κ1) is 11.3. The number of hydrogen-bond acceptors (Lipinski definition) is 2. The molecule has 0 aromatic rings. The molecule has 0 bridgehead atoms. The maximum atomic E-state index is 11.2. The molecule has 0 aromatic heterocycles. The minimum atomic E-state index is -0.000170. The quantitative estimate of drug-likeness (QED) is 0.445. The highest BCUT2D eigenvalue weighted by molar-refractivity contribution is 14.1. The molecule has 3 heteroatoms. The molecule has 1 heterocycles. The van der Waals surface area contributed by atoms with Gasteiger partial charge in [0.1, 0.15) is 6.10 Å². The van der Waals surface area contributed by atoms with Crippen molar-refractivity contribution in [2.45, 2.75) is 55.5 Å². The van der Waals surface area contributed by atoms with Crippen LogP contribution in [0, 0.1) is 0 Å². The summed E-state index contributed by atoms with van der Waals surface area (Å²) in [4.78, 5) is 11.2. The Balaban J connectivity index is 2.48.